The largest absolute Gasteiger partial charge is 2.00 e. The fraction of sp³-hybridized carbons (Fsp3) is 0.950. The van der Waals surface area contributed by atoms with Gasteiger partial charge < -0.3 is 13.8 Å². The number of hydrogen-bond donors (Lipinski definition) is 0. The first-order valence-corrected chi connectivity index (χ1v) is 19.4. The first kappa shape index (κ1) is 45.9. The normalized spacial score (nSPS) is 10.8. The predicted octanol–water partition coefficient (Wildman–Crippen LogP) is 15.7. The van der Waals surface area contributed by atoms with Crippen molar-refractivity contribution < 1.29 is 16.5 Å². The summed E-state index contributed by atoms with van der Waals surface area (Å²) in [5.41, 5.74) is 0. The molecule has 0 nitrogen and oxygen atoms in total. The van der Waals surface area contributed by atoms with Crippen molar-refractivity contribution in [2.24, 2.45) is 0 Å². The second kappa shape index (κ2) is 47.4. The van der Waals surface area contributed by atoms with Crippen molar-refractivity contribution in [3.8, 4) is 0 Å². The Bertz CT molecular complexity index is 307. The molecule has 0 bridgehead atoms. The second-order valence-electron chi connectivity index (χ2n) is 13.0. The van der Waals surface area contributed by atoms with Crippen molar-refractivity contribution in [3.63, 3.8) is 0 Å². The molecule has 0 heterocycles. The van der Waals surface area contributed by atoms with E-state index in [1.807, 2.05) is 0 Å². The smallest absolute Gasteiger partial charge is 0.343 e. The summed E-state index contributed by atoms with van der Waals surface area (Å²) in [6.45, 7) is 12.4. The molecule has 0 saturated carbocycles. The molecule has 0 aliphatic rings. The summed E-state index contributed by atoms with van der Waals surface area (Å²) in [5.74, 6) is 0. The van der Waals surface area contributed by atoms with Crippen LogP contribution in [-0.4, -0.2) is 0 Å². The van der Waals surface area contributed by atoms with Gasteiger partial charge in [0.05, 0.1) is 0 Å². The van der Waals surface area contributed by atoms with E-state index in [2.05, 4.69) is 27.7 Å². The zero-order valence-corrected chi connectivity index (χ0v) is 30.2. The molecule has 1 heteroatoms. The summed E-state index contributed by atoms with van der Waals surface area (Å²) in [6, 6.07) is 0. The molecular weight excluding hydrogens is 539 g/mol. The van der Waals surface area contributed by atoms with Crippen molar-refractivity contribution in [1.82, 2.24) is 0 Å². The third kappa shape index (κ3) is 50.4. The second-order valence-corrected chi connectivity index (χ2v) is 13.0. The van der Waals surface area contributed by atoms with Gasteiger partial charge in [0.2, 0.25) is 0 Å². The monoisotopic (exact) mass is 621 g/mol. The summed E-state index contributed by atoms with van der Waals surface area (Å²) < 4.78 is 0. The molecule has 0 rings (SSSR count). The van der Waals surface area contributed by atoms with Crippen molar-refractivity contribution in [2.75, 3.05) is 0 Å². The average Bonchev–Trinajstić information content (AvgIpc) is 2.97. The molecule has 0 amide bonds. The minimum absolute atomic E-state index is 0. The van der Waals surface area contributed by atoms with Gasteiger partial charge in [0.1, 0.15) is 0 Å². The van der Waals surface area contributed by atoms with Crippen LogP contribution < -0.4 is 0 Å². The van der Waals surface area contributed by atoms with Crippen molar-refractivity contribution in [2.45, 2.75) is 245 Å². The SMILES string of the molecule is [CH2-]CCCCCCCCCCCCCCCCCCC.[CH2-]CCCCCCCCCCCCCCCCCCC.[Ni+2]. The van der Waals surface area contributed by atoms with Gasteiger partial charge in [-0.25, -0.2) is 0 Å². The first-order valence-electron chi connectivity index (χ1n) is 19.4. The quantitative estimate of drug-likeness (QED) is 0.0381. The van der Waals surface area contributed by atoms with Gasteiger partial charge in [0.15, 0.2) is 0 Å². The fourth-order valence-electron chi connectivity index (χ4n) is 5.80. The molecule has 41 heavy (non-hydrogen) atoms. The number of unbranched alkanes of at least 4 members (excludes halogenated alkanes) is 34. The zero-order valence-electron chi connectivity index (χ0n) is 29.2. The van der Waals surface area contributed by atoms with Gasteiger partial charge in [0, 0.05) is 0 Å². The summed E-state index contributed by atoms with van der Waals surface area (Å²) in [6.07, 6.45) is 51.6. The Labute approximate surface area is 274 Å². The Kier molecular flexibility index (Phi) is 53.1. The standard InChI is InChI=1S/2C20H41.Ni/c2*1-3-5-7-9-11-13-15-17-19-20-18-16-14-12-10-8-6-4-2;/h2*1,3-20H2,2H3;/q2*-1;+2. The third-order valence-electron chi connectivity index (χ3n) is 8.71. The molecule has 0 unspecified atom stereocenters. The molecule has 0 spiro atoms. The molecule has 0 aromatic rings. The predicted molar refractivity (Wildman–Crippen MR) is 188 cm³/mol. The van der Waals surface area contributed by atoms with Crippen molar-refractivity contribution in [1.29, 1.82) is 0 Å². The van der Waals surface area contributed by atoms with E-state index in [1.165, 1.54) is 218 Å². The molecule has 0 aromatic carbocycles. The molecule has 0 aromatic heterocycles. The van der Waals surface area contributed by atoms with Crippen LogP contribution >= 0.6 is 0 Å². The van der Waals surface area contributed by atoms with Crippen molar-refractivity contribution in [3.05, 3.63) is 13.8 Å². The first-order chi connectivity index (χ1) is 19.8. The molecule has 0 saturated heterocycles. The van der Waals surface area contributed by atoms with Crippen LogP contribution in [0.25, 0.3) is 0 Å². The van der Waals surface area contributed by atoms with Crippen LogP contribution in [0.15, 0.2) is 0 Å². The van der Waals surface area contributed by atoms with E-state index >= 15 is 0 Å². The third-order valence-corrected chi connectivity index (χ3v) is 8.71. The van der Waals surface area contributed by atoms with E-state index in [0.29, 0.717) is 0 Å². The molecule has 0 aliphatic heterocycles. The summed E-state index contributed by atoms with van der Waals surface area (Å²) in [4.78, 5) is 0. The van der Waals surface area contributed by atoms with Crippen LogP contribution in [0.5, 0.6) is 0 Å². The van der Waals surface area contributed by atoms with E-state index in [-0.39, 0.29) is 16.5 Å². The number of hydrogen-bond acceptors (Lipinski definition) is 0. The fourth-order valence-corrected chi connectivity index (χ4v) is 5.80. The van der Waals surface area contributed by atoms with Gasteiger partial charge in [-0.05, 0) is 0 Å². The zero-order chi connectivity index (χ0) is 29.5. The molecule has 0 radical (unpaired) electrons. The summed E-state index contributed by atoms with van der Waals surface area (Å²) in [7, 11) is 0. The average molecular weight is 622 g/mol. The van der Waals surface area contributed by atoms with E-state index in [1.54, 1.807) is 0 Å². The summed E-state index contributed by atoms with van der Waals surface area (Å²) in [5, 5.41) is 0. The van der Waals surface area contributed by atoms with Gasteiger partial charge in [-0.2, -0.15) is 12.8 Å². The van der Waals surface area contributed by atoms with Crippen LogP contribution in [0.3, 0.4) is 0 Å². The molecule has 252 valence electrons. The van der Waals surface area contributed by atoms with E-state index in [4.69, 9.17) is 0 Å². The molecule has 0 N–H and O–H groups in total. The van der Waals surface area contributed by atoms with Crippen LogP contribution in [-0.2, 0) is 16.5 Å². The van der Waals surface area contributed by atoms with E-state index in [0.717, 1.165) is 12.8 Å². The topological polar surface area (TPSA) is 0 Å². The van der Waals surface area contributed by atoms with Gasteiger partial charge >= 0.3 is 16.5 Å². The van der Waals surface area contributed by atoms with Crippen LogP contribution in [0, 0.1) is 13.8 Å². The minimum atomic E-state index is 0. The van der Waals surface area contributed by atoms with E-state index < -0.39 is 0 Å². The van der Waals surface area contributed by atoms with Gasteiger partial charge in [-0.15, -0.1) is 0 Å². The Morgan fingerprint density at radius 3 is 0.463 bits per heavy atom. The Morgan fingerprint density at radius 2 is 0.341 bits per heavy atom. The number of rotatable bonds is 34. The maximum atomic E-state index is 3.89. The molecule has 0 atom stereocenters. The molecule has 0 aliphatic carbocycles. The Hall–Kier alpha value is 0.494. The van der Waals surface area contributed by atoms with Gasteiger partial charge in [-0.3, -0.25) is 0 Å². The molecule has 0 fully saturated rings. The van der Waals surface area contributed by atoms with Crippen LogP contribution in [0.1, 0.15) is 245 Å². The maximum absolute atomic E-state index is 3.89. The summed E-state index contributed by atoms with van der Waals surface area (Å²) >= 11 is 0. The van der Waals surface area contributed by atoms with Crippen LogP contribution in [0.4, 0.5) is 0 Å². The van der Waals surface area contributed by atoms with Gasteiger partial charge in [0.25, 0.3) is 0 Å². The minimum Gasteiger partial charge on any atom is -0.343 e. The maximum Gasteiger partial charge on any atom is 2.00 e. The Morgan fingerprint density at radius 1 is 0.220 bits per heavy atom. The van der Waals surface area contributed by atoms with E-state index in [9.17, 15) is 0 Å². The van der Waals surface area contributed by atoms with Gasteiger partial charge in [-0.1, -0.05) is 232 Å². The van der Waals surface area contributed by atoms with Crippen LogP contribution in [0.2, 0.25) is 0 Å². The molecular formula is C40H82Ni. The Balaban J connectivity index is -0.000000688. The van der Waals surface area contributed by atoms with Crippen molar-refractivity contribution >= 4 is 0 Å².